The van der Waals surface area contributed by atoms with Gasteiger partial charge in [-0.2, -0.15) is 89.6 Å². The molecule has 1 aliphatic carbocycles. The molecular weight excluding hydrogens is 937 g/mol. The highest BCUT2D eigenvalue weighted by Crippen LogP contribution is 2.60. The molecule has 1 saturated carbocycles. The van der Waals surface area contributed by atoms with Crippen molar-refractivity contribution >= 4 is 16.7 Å². The predicted octanol–water partition coefficient (Wildman–Crippen LogP) is 13.8. The van der Waals surface area contributed by atoms with Gasteiger partial charge in [0.25, 0.3) is 0 Å². The summed E-state index contributed by atoms with van der Waals surface area (Å²) in [7, 11) is 0. The number of nitriles is 2. The first kappa shape index (κ1) is 48.6. The number of rotatable bonds is 3. The molecule has 1 fully saturated rings. The van der Waals surface area contributed by atoms with Crippen molar-refractivity contribution < 1.29 is 119 Å². The summed E-state index contributed by atoms with van der Waals surface area (Å²) < 4.78 is 384. The molecule has 3 aromatic carbocycles. The van der Waals surface area contributed by atoms with Crippen molar-refractivity contribution in [2.24, 2.45) is 0 Å². The normalized spacial score (nSPS) is 15.7. The Hall–Kier alpha value is -6.03. The molecule has 0 atom stereocenters. The van der Waals surface area contributed by atoms with Crippen LogP contribution in [0, 0.1) is 75.0 Å². The molecule has 0 radical (unpaired) electrons. The zero-order chi connectivity index (χ0) is 48.3. The Balaban J connectivity index is 2.55. The molecule has 3 aromatic rings. The van der Waals surface area contributed by atoms with Gasteiger partial charge in [0.15, 0.2) is 52.4 Å². The van der Waals surface area contributed by atoms with E-state index in [1.165, 1.54) is 0 Å². The second-order valence-electron chi connectivity index (χ2n) is 11.9. The van der Waals surface area contributed by atoms with Gasteiger partial charge < -0.3 is 0 Å². The lowest BCUT2D eigenvalue weighted by Gasteiger charge is -2.20. The summed E-state index contributed by atoms with van der Waals surface area (Å²) in [6.45, 7) is -0.310. The van der Waals surface area contributed by atoms with Crippen molar-refractivity contribution in [1.29, 1.82) is 10.5 Å². The van der Waals surface area contributed by atoms with Crippen LogP contribution in [0.2, 0.25) is 0 Å². The zero-order valence-electron chi connectivity index (χ0n) is 28.1. The van der Waals surface area contributed by atoms with Crippen LogP contribution < -0.4 is 0 Å². The van der Waals surface area contributed by atoms with Gasteiger partial charge in [-0.25, -0.2) is 39.5 Å². The number of halogens is 27. The molecule has 62 heavy (non-hydrogen) atoms. The van der Waals surface area contributed by atoms with Gasteiger partial charge in [-0.05, 0) is 18.1 Å². The Kier molecular flexibility index (Phi) is 11.6. The van der Waals surface area contributed by atoms with Crippen LogP contribution in [0.5, 0.6) is 0 Å². The van der Waals surface area contributed by atoms with Gasteiger partial charge in [-0.15, -0.1) is 0 Å². The standard InChI is InChI=1S/C33H3F27N2/c1-4(8-13(28(43,44)45)22(37)16(31(52,53)54)25(40)19(8)34)7-9(5(2-61)11-14(29(46,47)48)23(38)17(32(55,56)57)26(41)20(11)35)10(7)6(3-62)12-15(30(49,50)51)24(39)18(33(58,59)60)27(42)21(12)36/h1H3. The van der Waals surface area contributed by atoms with Gasteiger partial charge in [-0.1, -0.05) is 0 Å². The van der Waals surface area contributed by atoms with Crippen LogP contribution in [-0.4, -0.2) is 0 Å². The fourth-order valence-electron chi connectivity index (χ4n) is 6.01. The summed E-state index contributed by atoms with van der Waals surface area (Å²) in [5.41, 5.74) is -47.1. The Bertz CT molecular complexity index is 2510. The lowest BCUT2D eigenvalue weighted by atomic mass is 9.92. The molecule has 4 rings (SSSR count). The average Bonchev–Trinajstić information content (AvgIpc) is 3.78. The van der Waals surface area contributed by atoms with E-state index in [1.807, 2.05) is 0 Å². The molecule has 0 spiro atoms. The molecule has 0 bridgehead atoms. The van der Waals surface area contributed by atoms with Crippen molar-refractivity contribution in [3.8, 4) is 12.1 Å². The summed E-state index contributed by atoms with van der Waals surface area (Å²) in [5.74, 6) is -33.9. The van der Waals surface area contributed by atoms with Crippen LogP contribution in [0.15, 0.2) is 16.7 Å². The Labute approximate surface area is 321 Å². The Morgan fingerprint density at radius 2 is 0.516 bits per heavy atom. The molecule has 1 aliphatic rings. The zero-order valence-corrected chi connectivity index (χ0v) is 28.1. The molecule has 0 saturated heterocycles. The second kappa shape index (κ2) is 14.8. The highest BCUT2D eigenvalue weighted by Gasteiger charge is 2.55. The maximum atomic E-state index is 15.4. The first-order chi connectivity index (χ1) is 27.7. The summed E-state index contributed by atoms with van der Waals surface area (Å²) in [4.78, 5) is 0. The minimum Gasteiger partial charge on any atom is -0.206 e. The number of hydrogen-bond donors (Lipinski definition) is 0. The van der Waals surface area contributed by atoms with E-state index in [0.717, 1.165) is 0 Å². The van der Waals surface area contributed by atoms with E-state index >= 15 is 26.3 Å². The van der Waals surface area contributed by atoms with E-state index in [1.54, 1.807) is 0 Å². The SMILES string of the molecule is CC(=C1C(=C(C#N)c2c(F)c(F)c(C(F)(F)F)c(F)c2C(F)(F)F)C1=C(C#N)c1c(F)c(F)c(C(F)(F)F)c(F)c1C(F)(F)F)c1c(F)c(F)c(C(F)(F)F)c(F)c1C(F)(F)F. The van der Waals surface area contributed by atoms with Crippen molar-refractivity contribution in [2.75, 3.05) is 0 Å². The van der Waals surface area contributed by atoms with E-state index < -0.39 is 173 Å². The van der Waals surface area contributed by atoms with Crippen LogP contribution in [-0.2, 0) is 37.1 Å². The number of benzene rings is 3. The van der Waals surface area contributed by atoms with Gasteiger partial charge in [0, 0.05) is 27.8 Å². The minimum atomic E-state index is -6.86. The van der Waals surface area contributed by atoms with E-state index in [9.17, 15) is 103 Å². The van der Waals surface area contributed by atoms with Gasteiger partial charge >= 0.3 is 37.1 Å². The number of allylic oxidation sites excluding steroid dienone is 6. The summed E-state index contributed by atoms with van der Waals surface area (Å²) in [5, 5.41) is 19.6. The predicted molar refractivity (Wildman–Crippen MR) is 147 cm³/mol. The van der Waals surface area contributed by atoms with Crippen molar-refractivity contribution in [2.45, 2.75) is 44.0 Å². The fourth-order valence-corrected chi connectivity index (χ4v) is 6.01. The van der Waals surface area contributed by atoms with Gasteiger partial charge in [0.1, 0.15) is 45.5 Å². The largest absolute Gasteiger partial charge is 0.422 e. The second-order valence-corrected chi connectivity index (χ2v) is 11.9. The van der Waals surface area contributed by atoms with Crippen molar-refractivity contribution in [3.63, 3.8) is 0 Å². The quantitative estimate of drug-likeness (QED) is 0.149. The highest BCUT2D eigenvalue weighted by molar-refractivity contribution is 6.11. The summed E-state index contributed by atoms with van der Waals surface area (Å²) in [6, 6.07) is 0.574. The van der Waals surface area contributed by atoms with Crippen LogP contribution in [0.3, 0.4) is 0 Å². The maximum absolute atomic E-state index is 15.4. The third-order valence-corrected chi connectivity index (χ3v) is 8.32. The van der Waals surface area contributed by atoms with E-state index in [2.05, 4.69) is 0 Å². The first-order valence-corrected chi connectivity index (χ1v) is 14.8. The number of nitrogens with zero attached hydrogens (tertiary/aromatic N) is 2. The molecule has 0 aliphatic heterocycles. The topological polar surface area (TPSA) is 47.6 Å². The molecule has 29 heteroatoms. The smallest absolute Gasteiger partial charge is 0.206 e. The molecule has 0 heterocycles. The lowest BCUT2D eigenvalue weighted by molar-refractivity contribution is -0.151. The van der Waals surface area contributed by atoms with Crippen molar-refractivity contribution in [3.05, 3.63) is 119 Å². The van der Waals surface area contributed by atoms with Gasteiger partial charge in [0.05, 0.1) is 11.1 Å². The number of alkyl halides is 18. The molecule has 2 nitrogen and oxygen atoms in total. The number of hydrogen-bond acceptors (Lipinski definition) is 2. The molecule has 0 amide bonds. The van der Waals surface area contributed by atoms with Gasteiger partial charge in [-0.3, -0.25) is 0 Å². The molecule has 0 aromatic heterocycles. The fraction of sp³-hybridized carbons (Fsp3) is 0.212. The van der Waals surface area contributed by atoms with Crippen LogP contribution in [0.25, 0.3) is 16.7 Å². The minimum absolute atomic E-state index is 0.287. The Morgan fingerprint density at radius 3 is 0.726 bits per heavy atom. The van der Waals surface area contributed by atoms with E-state index in [0.29, 0.717) is 0 Å². The monoisotopic (exact) mass is 940 g/mol. The van der Waals surface area contributed by atoms with Gasteiger partial charge in [0.2, 0.25) is 0 Å². The Morgan fingerprint density at radius 1 is 0.306 bits per heavy atom. The lowest BCUT2D eigenvalue weighted by Crippen LogP contribution is -2.22. The third-order valence-electron chi connectivity index (χ3n) is 8.32. The molecule has 0 unspecified atom stereocenters. The first-order valence-electron chi connectivity index (χ1n) is 14.8. The average molecular weight is 940 g/mol. The molecular formula is C33H3F27N2. The third kappa shape index (κ3) is 7.73. The summed E-state index contributed by atoms with van der Waals surface area (Å²) >= 11 is 0. The van der Waals surface area contributed by atoms with E-state index in [4.69, 9.17) is 0 Å². The van der Waals surface area contributed by atoms with Crippen molar-refractivity contribution in [1.82, 2.24) is 0 Å². The maximum Gasteiger partial charge on any atom is 0.422 e. The molecule has 0 N–H and O–H groups in total. The highest BCUT2D eigenvalue weighted by atomic mass is 19.4. The van der Waals surface area contributed by atoms with Crippen LogP contribution in [0.1, 0.15) is 57.0 Å². The van der Waals surface area contributed by atoms with Crippen LogP contribution in [0.4, 0.5) is 119 Å². The van der Waals surface area contributed by atoms with E-state index in [-0.39, 0.29) is 19.1 Å². The van der Waals surface area contributed by atoms with Crippen LogP contribution >= 0.6 is 0 Å². The molecule has 334 valence electrons. The summed E-state index contributed by atoms with van der Waals surface area (Å²) in [6.07, 6.45) is -40.5.